The predicted molar refractivity (Wildman–Crippen MR) is 139 cm³/mol. The minimum absolute atomic E-state index is 0. The van der Waals surface area contributed by atoms with Crippen LogP contribution >= 0.6 is 47.5 Å². The number of amides is 2. The summed E-state index contributed by atoms with van der Waals surface area (Å²) >= 11 is 3.33. The van der Waals surface area contributed by atoms with Gasteiger partial charge in [-0.25, -0.2) is 0 Å². The Morgan fingerprint density at radius 3 is 1.47 bits per heavy atom. The molecular weight excluding hydrogens is 519 g/mol. The van der Waals surface area contributed by atoms with Gasteiger partial charge in [-0.2, -0.15) is 0 Å². The second kappa shape index (κ2) is 15.0. The van der Waals surface area contributed by atoms with Crippen molar-refractivity contribution in [3.63, 3.8) is 0 Å². The maximum absolute atomic E-state index is 12.6. The van der Waals surface area contributed by atoms with Crippen molar-refractivity contribution in [2.45, 2.75) is 12.1 Å². The molecule has 2 aliphatic rings. The molecule has 0 aliphatic carbocycles. The van der Waals surface area contributed by atoms with Gasteiger partial charge in [0, 0.05) is 49.0 Å². The fourth-order valence-electron chi connectivity index (χ4n) is 4.10. The third-order valence-corrected chi connectivity index (χ3v) is 7.78. The van der Waals surface area contributed by atoms with Crippen molar-refractivity contribution in [2.24, 2.45) is 0 Å². The summed E-state index contributed by atoms with van der Waals surface area (Å²) in [4.78, 5) is 32.1. The first-order valence-electron chi connectivity index (χ1n) is 11.0. The van der Waals surface area contributed by atoms with Crippen LogP contribution in [0, 0.1) is 0 Å². The van der Waals surface area contributed by atoms with Gasteiger partial charge in [-0.05, 0) is 22.9 Å². The van der Waals surface area contributed by atoms with E-state index in [-0.39, 0.29) is 36.9 Å². The van der Waals surface area contributed by atoms with Crippen molar-refractivity contribution in [1.82, 2.24) is 20.4 Å². The van der Waals surface area contributed by atoms with Gasteiger partial charge < -0.3 is 20.1 Å². The monoisotopic (exact) mass is 550 g/mol. The first kappa shape index (κ1) is 29.0. The summed E-state index contributed by atoms with van der Waals surface area (Å²) in [5.74, 6) is -1.18. The highest BCUT2D eigenvalue weighted by Crippen LogP contribution is 2.26. The lowest BCUT2D eigenvalue weighted by Gasteiger charge is -2.34. The number of carbonyl (C=O) groups excluding carboxylic acids is 2. The maximum atomic E-state index is 12.6. The summed E-state index contributed by atoms with van der Waals surface area (Å²) < 4.78 is 10.9. The van der Waals surface area contributed by atoms with Crippen LogP contribution in [0.3, 0.4) is 0 Å². The number of thiophene rings is 2. The fourth-order valence-corrected chi connectivity index (χ4v) is 5.82. The molecule has 0 saturated carbocycles. The zero-order chi connectivity index (χ0) is 22.2. The zero-order valence-electron chi connectivity index (χ0n) is 18.9. The van der Waals surface area contributed by atoms with E-state index in [1.54, 1.807) is 22.7 Å². The molecule has 2 aromatic rings. The van der Waals surface area contributed by atoms with Gasteiger partial charge >= 0.3 is 11.8 Å². The van der Waals surface area contributed by atoms with Gasteiger partial charge in [0.1, 0.15) is 0 Å². The molecule has 2 fully saturated rings. The van der Waals surface area contributed by atoms with E-state index >= 15 is 0 Å². The molecule has 0 radical (unpaired) electrons. The topological polar surface area (TPSA) is 83.1 Å². The number of carbonyl (C=O) groups is 2. The molecule has 190 valence electrons. The highest BCUT2D eigenvalue weighted by molar-refractivity contribution is 7.10. The molecule has 4 heterocycles. The van der Waals surface area contributed by atoms with E-state index in [0.29, 0.717) is 39.5 Å². The van der Waals surface area contributed by atoms with Gasteiger partial charge in [0.15, 0.2) is 0 Å². The first-order valence-corrected chi connectivity index (χ1v) is 12.7. The largest absolute Gasteiger partial charge is 0.379 e. The molecule has 0 spiro atoms. The lowest BCUT2D eigenvalue weighted by Crippen LogP contribution is -2.48. The summed E-state index contributed by atoms with van der Waals surface area (Å²) in [5, 5.41) is 9.77. The molecule has 8 nitrogen and oxygen atoms in total. The molecule has 34 heavy (non-hydrogen) atoms. The Kier molecular flexibility index (Phi) is 12.8. The molecule has 2 aliphatic heterocycles. The number of nitrogens with one attached hydrogen (secondary N) is 2. The highest BCUT2D eigenvalue weighted by Gasteiger charge is 2.27. The molecule has 2 aromatic heterocycles. The minimum Gasteiger partial charge on any atom is -0.379 e. The van der Waals surface area contributed by atoms with Gasteiger partial charge in [-0.3, -0.25) is 19.4 Å². The van der Waals surface area contributed by atoms with Crippen molar-refractivity contribution in [2.75, 3.05) is 65.7 Å². The minimum atomic E-state index is -0.591. The van der Waals surface area contributed by atoms with E-state index in [1.807, 2.05) is 22.9 Å². The van der Waals surface area contributed by atoms with Crippen molar-refractivity contribution in [3.8, 4) is 0 Å². The van der Waals surface area contributed by atoms with Gasteiger partial charge in [0.05, 0.1) is 38.5 Å². The lowest BCUT2D eigenvalue weighted by molar-refractivity contribution is -0.139. The van der Waals surface area contributed by atoms with Crippen molar-refractivity contribution < 1.29 is 19.1 Å². The summed E-state index contributed by atoms with van der Waals surface area (Å²) in [6.45, 7) is 6.77. The van der Waals surface area contributed by atoms with Crippen molar-refractivity contribution in [3.05, 3.63) is 44.8 Å². The smallest absolute Gasteiger partial charge is 0.309 e. The molecule has 2 amide bonds. The molecule has 2 atom stereocenters. The van der Waals surface area contributed by atoms with Gasteiger partial charge in [-0.1, -0.05) is 12.1 Å². The Balaban J connectivity index is 0.00000204. The van der Waals surface area contributed by atoms with Crippen LogP contribution in [0.25, 0.3) is 0 Å². The Hall–Kier alpha value is -1.24. The van der Waals surface area contributed by atoms with Crippen LogP contribution < -0.4 is 10.6 Å². The van der Waals surface area contributed by atoms with E-state index in [0.717, 1.165) is 26.2 Å². The van der Waals surface area contributed by atoms with E-state index in [9.17, 15) is 9.59 Å². The van der Waals surface area contributed by atoms with E-state index in [4.69, 9.17) is 9.47 Å². The Labute approximate surface area is 220 Å². The fraction of sp³-hybridized carbons (Fsp3) is 0.545. The SMILES string of the molecule is Cl.Cl.O=C(NCC(c1cccs1)N1CCOCC1)C(=O)NCC(c1cccs1)N1CCOCC1. The molecule has 0 aromatic carbocycles. The van der Waals surface area contributed by atoms with Crippen molar-refractivity contribution >= 4 is 59.3 Å². The standard InChI is InChI=1S/C22H30N4O4S2.2ClH/c27-21(23-15-17(19-3-1-13-31-19)25-5-9-29-10-6-25)22(28)24-16-18(20-4-2-14-32-20)26-7-11-30-12-8-26;;/h1-4,13-14,17-18H,5-12,15-16H2,(H,23,27)(H,24,28);2*1H. The highest BCUT2D eigenvalue weighted by atomic mass is 35.5. The average molecular weight is 552 g/mol. The van der Waals surface area contributed by atoms with Crippen LogP contribution in [0.4, 0.5) is 0 Å². The number of nitrogens with zero attached hydrogens (tertiary/aromatic N) is 2. The summed E-state index contributed by atoms with van der Waals surface area (Å²) in [7, 11) is 0. The molecular formula is C22H32Cl2N4O4S2. The number of ether oxygens (including phenoxy) is 2. The summed E-state index contributed by atoms with van der Waals surface area (Å²) in [6.07, 6.45) is 0. The lowest BCUT2D eigenvalue weighted by atomic mass is 10.1. The molecule has 2 N–H and O–H groups in total. The number of halogens is 2. The second-order valence-electron chi connectivity index (χ2n) is 7.78. The Morgan fingerprint density at radius 1 is 0.765 bits per heavy atom. The third kappa shape index (κ3) is 7.89. The van der Waals surface area contributed by atoms with Gasteiger partial charge in [0.2, 0.25) is 0 Å². The van der Waals surface area contributed by atoms with E-state index in [2.05, 4.69) is 32.6 Å². The Morgan fingerprint density at radius 2 is 1.15 bits per heavy atom. The van der Waals surface area contributed by atoms with Crippen LogP contribution in [0.1, 0.15) is 21.8 Å². The summed E-state index contributed by atoms with van der Waals surface area (Å²) in [5.41, 5.74) is 0. The molecule has 12 heteroatoms. The normalized spacial score (nSPS) is 18.7. The summed E-state index contributed by atoms with van der Waals surface area (Å²) in [6, 6.07) is 8.26. The average Bonchev–Trinajstić information content (AvgIpc) is 3.56. The third-order valence-electron chi connectivity index (χ3n) is 5.83. The van der Waals surface area contributed by atoms with Gasteiger partial charge in [-0.15, -0.1) is 47.5 Å². The van der Waals surface area contributed by atoms with E-state index in [1.165, 1.54) is 9.75 Å². The number of rotatable bonds is 8. The van der Waals surface area contributed by atoms with Crippen molar-refractivity contribution in [1.29, 1.82) is 0 Å². The molecule has 0 bridgehead atoms. The van der Waals surface area contributed by atoms with E-state index < -0.39 is 11.8 Å². The quantitative estimate of drug-likeness (QED) is 0.491. The zero-order valence-corrected chi connectivity index (χ0v) is 22.1. The van der Waals surface area contributed by atoms with Crippen LogP contribution in [-0.2, 0) is 19.1 Å². The second-order valence-corrected chi connectivity index (χ2v) is 9.74. The number of hydrogen-bond acceptors (Lipinski definition) is 8. The number of morpholine rings is 2. The van der Waals surface area contributed by atoms with Crippen LogP contribution in [0.5, 0.6) is 0 Å². The van der Waals surface area contributed by atoms with Crippen LogP contribution in [0.15, 0.2) is 35.0 Å². The molecule has 4 rings (SSSR count). The van der Waals surface area contributed by atoms with Crippen LogP contribution in [-0.4, -0.2) is 87.3 Å². The van der Waals surface area contributed by atoms with Crippen LogP contribution in [0.2, 0.25) is 0 Å². The predicted octanol–water partition coefficient (Wildman–Crippen LogP) is 2.33. The van der Waals surface area contributed by atoms with Gasteiger partial charge in [0.25, 0.3) is 0 Å². The maximum Gasteiger partial charge on any atom is 0.309 e. The number of hydrogen-bond donors (Lipinski definition) is 2. The molecule has 2 saturated heterocycles. The first-order chi connectivity index (χ1) is 15.7. The Bertz CT molecular complexity index is 775. The molecule has 2 unspecified atom stereocenters.